The van der Waals surface area contributed by atoms with E-state index in [-0.39, 0.29) is 28.0 Å². The van der Waals surface area contributed by atoms with Crippen LogP contribution in [0.15, 0.2) is 41.3 Å². The van der Waals surface area contributed by atoms with Crippen LogP contribution in [-0.2, 0) is 6.18 Å². The summed E-state index contributed by atoms with van der Waals surface area (Å²) in [4.78, 5) is 19.8. The van der Waals surface area contributed by atoms with Gasteiger partial charge in [-0.2, -0.15) is 17.6 Å². The van der Waals surface area contributed by atoms with Crippen LogP contribution in [0.5, 0.6) is 23.1 Å². The standard InChI is InChI=1S/C24H16F6N2O4/c1-10-20-16(9-31-23(10)35-3)32-15(8-17(20)33)11-6-14(26)12(24(28,29)30)7-19(11)36-18-5-4-13(25)21(27)22(18)34-2/h4-9H,1-3H3,(H,32,33). The summed E-state index contributed by atoms with van der Waals surface area (Å²) in [5, 5.41) is 0.197. The fourth-order valence-electron chi connectivity index (χ4n) is 3.71. The van der Waals surface area contributed by atoms with Gasteiger partial charge in [0.2, 0.25) is 17.4 Å². The van der Waals surface area contributed by atoms with E-state index in [0.717, 1.165) is 19.2 Å². The lowest BCUT2D eigenvalue weighted by Crippen LogP contribution is -2.10. The van der Waals surface area contributed by atoms with Crippen LogP contribution in [-0.4, -0.2) is 24.2 Å². The van der Waals surface area contributed by atoms with E-state index in [1.807, 2.05) is 0 Å². The Bertz CT molecular complexity index is 1550. The number of benzene rings is 2. The van der Waals surface area contributed by atoms with E-state index >= 15 is 0 Å². The third-order valence-electron chi connectivity index (χ3n) is 5.36. The highest BCUT2D eigenvalue weighted by atomic mass is 19.4. The van der Waals surface area contributed by atoms with Crippen LogP contribution in [0, 0.1) is 24.4 Å². The number of nitrogens with one attached hydrogen (secondary N) is 1. The monoisotopic (exact) mass is 510 g/mol. The topological polar surface area (TPSA) is 73.4 Å². The maximum atomic E-state index is 14.6. The molecule has 6 nitrogen and oxygen atoms in total. The average Bonchev–Trinajstić information content (AvgIpc) is 2.81. The fraction of sp³-hybridized carbons (Fsp3) is 0.167. The molecule has 1 N–H and O–H groups in total. The highest BCUT2D eigenvalue weighted by Crippen LogP contribution is 2.43. The van der Waals surface area contributed by atoms with Gasteiger partial charge in [0, 0.05) is 17.2 Å². The van der Waals surface area contributed by atoms with Crippen molar-refractivity contribution in [2.75, 3.05) is 14.2 Å². The van der Waals surface area contributed by atoms with E-state index in [4.69, 9.17) is 14.2 Å². The molecule has 0 unspecified atom stereocenters. The molecule has 4 rings (SSSR count). The van der Waals surface area contributed by atoms with Crippen molar-refractivity contribution in [3.63, 3.8) is 0 Å². The summed E-state index contributed by atoms with van der Waals surface area (Å²) in [7, 11) is 2.37. The Hall–Kier alpha value is -4.22. The second-order valence-electron chi connectivity index (χ2n) is 7.55. The summed E-state index contributed by atoms with van der Waals surface area (Å²) in [6.07, 6.45) is -3.83. The zero-order valence-corrected chi connectivity index (χ0v) is 18.8. The van der Waals surface area contributed by atoms with Gasteiger partial charge in [-0.05, 0) is 31.2 Å². The van der Waals surface area contributed by atoms with Crippen LogP contribution < -0.4 is 19.6 Å². The molecule has 4 aromatic rings. The minimum Gasteiger partial charge on any atom is -0.490 e. The van der Waals surface area contributed by atoms with Crippen LogP contribution in [0.3, 0.4) is 0 Å². The van der Waals surface area contributed by atoms with Crippen LogP contribution in [0.2, 0.25) is 0 Å². The lowest BCUT2D eigenvalue weighted by Gasteiger charge is -2.17. The van der Waals surface area contributed by atoms with Crippen molar-refractivity contribution >= 4 is 10.9 Å². The lowest BCUT2D eigenvalue weighted by atomic mass is 10.0. The molecular weight excluding hydrogens is 494 g/mol. The van der Waals surface area contributed by atoms with Crippen molar-refractivity contribution in [3.05, 3.63) is 75.3 Å². The van der Waals surface area contributed by atoms with E-state index in [1.54, 1.807) is 6.92 Å². The van der Waals surface area contributed by atoms with Gasteiger partial charge in [-0.1, -0.05) is 0 Å². The zero-order chi connectivity index (χ0) is 26.4. The van der Waals surface area contributed by atoms with Crippen molar-refractivity contribution in [2.24, 2.45) is 0 Å². The number of aromatic nitrogens is 2. The Morgan fingerprint density at radius 3 is 2.31 bits per heavy atom. The number of fused-ring (bicyclic) bond motifs is 1. The molecule has 2 aromatic carbocycles. The first-order chi connectivity index (χ1) is 17.0. The van der Waals surface area contributed by atoms with Crippen molar-refractivity contribution < 1.29 is 40.6 Å². The molecule has 188 valence electrons. The Morgan fingerprint density at radius 2 is 1.67 bits per heavy atom. The molecule has 0 spiro atoms. The number of pyridine rings is 2. The third-order valence-corrected chi connectivity index (χ3v) is 5.36. The van der Waals surface area contributed by atoms with Crippen LogP contribution >= 0.6 is 0 Å². The van der Waals surface area contributed by atoms with Gasteiger partial charge in [0.1, 0.15) is 11.6 Å². The Kier molecular flexibility index (Phi) is 6.29. The highest BCUT2D eigenvalue weighted by Gasteiger charge is 2.36. The van der Waals surface area contributed by atoms with Crippen molar-refractivity contribution in [3.8, 4) is 34.4 Å². The van der Waals surface area contributed by atoms with Gasteiger partial charge in [-0.25, -0.2) is 13.8 Å². The molecule has 0 aliphatic heterocycles. The van der Waals surface area contributed by atoms with Gasteiger partial charge in [0.15, 0.2) is 17.0 Å². The van der Waals surface area contributed by atoms with E-state index in [2.05, 4.69) is 9.97 Å². The van der Waals surface area contributed by atoms with E-state index in [0.29, 0.717) is 23.8 Å². The first kappa shape index (κ1) is 24.9. The summed E-state index contributed by atoms with van der Waals surface area (Å²) in [6, 6.07) is 3.52. The Balaban J connectivity index is 1.97. The summed E-state index contributed by atoms with van der Waals surface area (Å²) in [6.45, 7) is 1.59. The second kappa shape index (κ2) is 9.10. The van der Waals surface area contributed by atoms with Crippen molar-refractivity contribution in [1.82, 2.24) is 9.97 Å². The summed E-state index contributed by atoms with van der Waals surface area (Å²) >= 11 is 0. The number of H-pyrrole nitrogens is 1. The van der Waals surface area contributed by atoms with Crippen LogP contribution in [0.4, 0.5) is 26.3 Å². The molecule has 0 fully saturated rings. The minimum absolute atomic E-state index is 0.122. The molecule has 0 aliphatic carbocycles. The number of aryl methyl sites for hydroxylation is 1. The maximum absolute atomic E-state index is 14.6. The van der Waals surface area contributed by atoms with Gasteiger partial charge < -0.3 is 19.2 Å². The molecule has 0 amide bonds. The summed E-state index contributed by atoms with van der Waals surface area (Å²) in [5.74, 6) is -6.00. The third kappa shape index (κ3) is 4.30. The first-order valence-corrected chi connectivity index (χ1v) is 10.1. The normalized spacial score (nSPS) is 11.6. The molecule has 0 radical (unpaired) electrons. The number of hydrogen-bond donors (Lipinski definition) is 1. The van der Waals surface area contributed by atoms with Crippen LogP contribution in [0.1, 0.15) is 11.1 Å². The quantitative estimate of drug-likeness (QED) is 0.327. The van der Waals surface area contributed by atoms with Gasteiger partial charge in [-0.3, -0.25) is 4.79 Å². The molecular formula is C24H16F6N2O4. The smallest absolute Gasteiger partial charge is 0.419 e. The fourth-order valence-corrected chi connectivity index (χ4v) is 3.71. The highest BCUT2D eigenvalue weighted by molar-refractivity contribution is 5.85. The van der Waals surface area contributed by atoms with Gasteiger partial charge >= 0.3 is 6.18 Å². The molecule has 0 saturated carbocycles. The SMILES string of the molecule is COc1ncc2[nH]c(-c3cc(F)c(C(F)(F)F)cc3Oc3ccc(F)c(F)c3OC)cc(=O)c2c1C. The second-order valence-corrected chi connectivity index (χ2v) is 7.55. The maximum Gasteiger partial charge on any atom is 0.419 e. The van der Waals surface area contributed by atoms with Gasteiger partial charge in [-0.15, -0.1) is 0 Å². The Labute approximate surface area is 199 Å². The summed E-state index contributed by atoms with van der Waals surface area (Å²) < 4.78 is 98.0. The zero-order valence-electron chi connectivity index (χ0n) is 18.8. The lowest BCUT2D eigenvalue weighted by molar-refractivity contribution is -0.140. The van der Waals surface area contributed by atoms with Gasteiger partial charge in [0.05, 0.1) is 42.6 Å². The molecule has 0 aliphatic rings. The minimum atomic E-state index is -5.10. The number of methoxy groups -OCH3 is 2. The largest absolute Gasteiger partial charge is 0.490 e. The number of rotatable bonds is 5. The number of halogens is 6. The molecule has 2 heterocycles. The molecule has 36 heavy (non-hydrogen) atoms. The predicted octanol–water partition coefficient (Wildman–Crippen LogP) is 6.14. The number of hydrogen-bond acceptors (Lipinski definition) is 5. The van der Waals surface area contributed by atoms with E-state index in [9.17, 15) is 31.1 Å². The number of nitrogens with zero attached hydrogens (tertiary/aromatic N) is 1. The average molecular weight is 510 g/mol. The molecule has 2 aromatic heterocycles. The summed E-state index contributed by atoms with van der Waals surface area (Å²) in [5.41, 5.74) is -2.07. The van der Waals surface area contributed by atoms with Crippen LogP contribution in [0.25, 0.3) is 22.2 Å². The molecule has 0 atom stereocenters. The molecule has 0 bridgehead atoms. The molecule has 12 heteroatoms. The number of aromatic amines is 1. The van der Waals surface area contributed by atoms with Crippen molar-refractivity contribution in [2.45, 2.75) is 13.1 Å². The van der Waals surface area contributed by atoms with Gasteiger partial charge in [0.25, 0.3) is 0 Å². The predicted molar refractivity (Wildman–Crippen MR) is 117 cm³/mol. The van der Waals surface area contributed by atoms with E-state index in [1.165, 1.54) is 13.3 Å². The van der Waals surface area contributed by atoms with E-state index < -0.39 is 51.9 Å². The number of alkyl halides is 3. The Morgan fingerprint density at radius 1 is 0.944 bits per heavy atom. The number of ether oxygens (including phenoxy) is 3. The molecule has 0 saturated heterocycles. The first-order valence-electron chi connectivity index (χ1n) is 10.1. The van der Waals surface area contributed by atoms with Crippen molar-refractivity contribution in [1.29, 1.82) is 0 Å².